The number of anilines is 1. The van der Waals surface area contributed by atoms with Crippen LogP contribution in [0.1, 0.15) is 28.5 Å². The third kappa shape index (κ3) is 3.12. The zero-order chi connectivity index (χ0) is 20.0. The maximum Gasteiger partial charge on any atom is 0.270 e. The lowest BCUT2D eigenvalue weighted by molar-refractivity contribution is 0.0786. The lowest BCUT2D eigenvalue weighted by Crippen LogP contribution is -2.28. The summed E-state index contributed by atoms with van der Waals surface area (Å²) >= 11 is 0. The average Bonchev–Trinajstić information content (AvgIpc) is 3.45. The molecule has 3 aromatic heterocycles. The van der Waals surface area contributed by atoms with E-state index in [0.29, 0.717) is 30.1 Å². The first-order valence-corrected chi connectivity index (χ1v) is 9.41. The fourth-order valence-corrected chi connectivity index (χ4v) is 4.02. The molecule has 0 radical (unpaired) electrons. The SMILES string of the molecule is Nc1cc(-c2cn[nH]c2C2CCN(C(=O)c3cc4ccc(F)cc4[nH]3)C2)ccn1. The predicted octanol–water partition coefficient (Wildman–Crippen LogP) is 3.30. The standard InChI is InChI=1S/C21H19FN6O/c22-15-2-1-13-7-18(26-17(13)9-15)21(29)28-6-4-14(11-28)20-16(10-25-27-20)12-3-5-24-19(23)8-12/h1-3,5,7-10,14,26H,4,6,11H2,(H2,23,24)(H,25,27). The molecule has 0 spiro atoms. The van der Waals surface area contributed by atoms with Gasteiger partial charge in [-0.15, -0.1) is 0 Å². The second kappa shape index (κ2) is 6.73. The summed E-state index contributed by atoms with van der Waals surface area (Å²) in [5.74, 6) is 0.183. The maximum absolute atomic E-state index is 13.4. The molecule has 4 N–H and O–H groups in total. The van der Waals surface area contributed by atoms with Gasteiger partial charge >= 0.3 is 0 Å². The summed E-state index contributed by atoms with van der Waals surface area (Å²) < 4.78 is 13.4. The first-order chi connectivity index (χ1) is 14.1. The molecule has 4 heterocycles. The molecule has 0 saturated carbocycles. The fraction of sp³-hybridized carbons (Fsp3) is 0.190. The summed E-state index contributed by atoms with van der Waals surface area (Å²) in [5.41, 5.74) is 9.82. The highest BCUT2D eigenvalue weighted by atomic mass is 19.1. The normalized spacial score (nSPS) is 16.6. The largest absolute Gasteiger partial charge is 0.384 e. The summed E-state index contributed by atoms with van der Waals surface area (Å²) in [6, 6.07) is 9.94. The molecule has 0 bridgehead atoms. The van der Waals surface area contributed by atoms with Gasteiger partial charge in [0, 0.05) is 47.4 Å². The summed E-state index contributed by atoms with van der Waals surface area (Å²) in [5, 5.41) is 8.12. The van der Waals surface area contributed by atoms with Crippen LogP contribution in [-0.4, -0.2) is 44.1 Å². The molecule has 0 aliphatic carbocycles. The van der Waals surface area contributed by atoms with E-state index in [2.05, 4.69) is 20.2 Å². The maximum atomic E-state index is 13.4. The van der Waals surface area contributed by atoms with Crippen LogP contribution in [0.3, 0.4) is 0 Å². The Labute approximate surface area is 165 Å². The number of fused-ring (bicyclic) bond motifs is 1. The average molecular weight is 390 g/mol. The van der Waals surface area contributed by atoms with Gasteiger partial charge in [0.25, 0.3) is 5.91 Å². The van der Waals surface area contributed by atoms with Crippen LogP contribution in [0.2, 0.25) is 0 Å². The van der Waals surface area contributed by atoms with Crippen molar-refractivity contribution in [1.29, 1.82) is 0 Å². The Hall–Kier alpha value is -3.68. The van der Waals surface area contributed by atoms with Crippen LogP contribution >= 0.6 is 0 Å². The van der Waals surface area contributed by atoms with Crippen molar-refractivity contribution in [3.63, 3.8) is 0 Å². The van der Waals surface area contributed by atoms with Gasteiger partial charge in [-0.25, -0.2) is 9.37 Å². The van der Waals surface area contributed by atoms with E-state index >= 15 is 0 Å². The van der Waals surface area contributed by atoms with E-state index in [1.807, 2.05) is 17.0 Å². The number of rotatable bonds is 3. The van der Waals surface area contributed by atoms with Gasteiger partial charge in [0.05, 0.1) is 6.20 Å². The van der Waals surface area contributed by atoms with E-state index in [1.165, 1.54) is 12.1 Å². The van der Waals surface area contributed by atoms with Gasteiger partial charge in [0.15, 0.2) is 0 Å². The molecule has 8 heteroatoms. The Morgan fingerprint density at radius 1 is 1.24 bits per heavy atom. The van der Waals surface area contributed by atoms with Crippen molar-refractivity contribution >= 4 is 22.6 Å². The lowest BCUT2D eigenvalue weighted by atomic mass is 9.97. The number of nitrogens with two attached hydrogens (primary N) is 1. The molecule has 1 amide bonds. The van der Waals surface area contributed by atoms with Crippen molar-refractivity contribution in [2.24, 2.45) is 0 Å². The van der Waals surface area contributed by atoms with Gasteiger partial charge in [0.2, 0.25) is 0 Å². The van der Waals surface area contributed by atoms with E-state index in [0.717, 1.165) is 28.6 Å². The highest BCUT2D eigenvalue weighted by Gasteiger charge is 2.31. The number of aromatic amines is 2. The Bertz CT molecular complexity index is 1210. The molecule has 1 fully saturated rings. The van der Waals surface area contributed by atoms with Gasteiger partial charge in [0.1, 0.15) is 17.3 Å². The molecule has 1 aliphatic heterocycles. The predicted molar refractivity (Wildman–Crippen MR) is 108 cm³/mol. The molecular formula is C21H19FN6O. The molecule has 1 atom stereocenters. The number of amides is 1. The number of likely N-dealkylation sites (tertiary alicyclic amines) is 1. The second-order valence-electron chi connectivity index (χ2n) is 7.32. The highest BCUT2D eigenvalue weighted by Crippen LogP contribution is 2.34. The number of H-pyrrole nitrogens is 2. The monoisotopic (exact) mass is 390 g/mol. The van der Waals surface area contributed by atoms with Crippen molar-refractivity contribution in [3.8, 4) is 11.1 Å². The third-order valence-corrected chi connectivity index (χ3v) is 5.46. The smallest absolute Gasteiger partial charge is 0.270 e. The van der Waals surface area contributed by atoms with Crippen molar-refractivity contribution in [1.82, 2.24) is 25.1 Å². The number of carbonyl (C=O) groups excluding carboxylic acids is 1. The van der Waals surface area contributed by atoms with E-state index in [9.17, 15) is 9.18 Å². The van der Waals surface area contributed by atoms with E-state index in [1.54, 1.807) is 24.5 Å². The summed E-state index contributed by atoms with van der Waals surface area (Å²) in [7, 11) is 0. The van der Waals surface area contributed by atoms with Crippen LogP contribution in [0, 0.1) is 5.82 Å². The minimum Gasteiger partial charge on any atom is -0.384 e. The van der Waals surface area contributed by atoms with Gasteiger partial charge in [-0.05, 0) is 48.4 Å². The van der Waals surface area contributed by atoms with Crippen molar-refractivity contribution in [3.05, 3.63) is 66.0 Å². The highest BCUT2D eigenvalue weighted by molar-refractivity contribution is 5.98. The fourth-order valence-electron chi connectivity index (χ4n) is 4.02. The molecule has 7 nitrogen and oxygen atoms in total. The molecule has 1 saturated heterocycles. The van der Waals surface area contributed by atoms with Crippen molar-refractivity contribution < 1.29 is 9.18 Å². The zero-order valence-corrected chi connectivity index (χ0v) is 15.5. The Morgan fingerprint density at radius 2 is 2.14 bits per heavy atom. The van der Waals surface area contributed by atoms with E-state index in [-0.39, 0.29) is 17.6 Å². The number of hydrogen-bond acceptors (Lipinski definition) is 4. The first-order valence-electron chi connectivity index (χ1n) is 9.41. The number of hydrogen-bond donors (Lipinski definition) is 3. The molecule has 4 aromatic rings. The Balaban J connectivity index is 1.38. The van der Waals surface area contributed by atoms with Crippen LogP contribution in [0.25, 0.3) is 22.0 Å². The topological polar surface area (TPSA) is 104 Å². The molecular weight excluding hydrogens is 371 g/mol. The minimum atomic E-state index is -0.330. The molecule has 29 heavy (non-hydrogen) atoms. The Morgan fingerprint density at radius 3 is 3.00 bits per heavy atom. The summed E-state index contributed by atoms with van der Waals surface area (Å²) in [6.45, 7) is 1.22. The number of nitrogens with one attached hydrogen (secondary N) is 2. The number of carbonyl (C=O) groups is 1. The quantitative estimate of drug-likeness (QED) is 0.499. The van der Waals surface area contributed by atoms with Crippen LogP contribution < -0.4 is 5.73 Å². The number of nitrogen functional groups attached to an aromatic ring is 1. The van der Waals surface area contributed by atoms with E-state index < -0.39 is 0 Å². The molecule has 146 valence electrons. The van der Waals surface area contributed by atoms with Gasteiger partial charge in [-0.1, -0.05) is 0 Å². The number of nitrogens with zero attached hydrogens (tertiary/aromatic N) is 3. The number of benzene rings is 1. The van der Waals surface area contributed by atoms with Crippen LogP contribution in [0.4, 0.5) is 10.2 Å². The molecule has 1 unspecified atom stereocenters. The molecule has 1 aliphatic rings. The van der Waals surface area contributed by atoms with Crippen LogP contribution in [0.5, 0.6) is 0 Å². The third-order valence-electron chi connectivity index (χ3n) is 5.46. The van der Waals surface area contributed by atoms with E-state index in [4.69, 9.17) is 5.73 Å². The zero-order valence-electron chi connectivity index (χ0n) is 15.5. The summed E-state index contributed by atoms with van der Waals surface area (Å²) in [6.07, 6.45) is 4.28. The molecule has 5 rings (SSSR count). The number of halogens is 1. The van der Waals surface area contributed by atoms with Gasteiger partial charge in [-0.2, -0.15) is 5.10 Å². The van der Waals surface area contributed by atoms with Gasteiger partial charge in [-0.3, -0.25) is 9.89 Å². The Kier molecular flexibility index (Phi) is 4.04. The lowest BCUT2D eigenvalue weighted by Gasteiger charge is -2.16. The first kappa shape index (κ1) is 17.4. The molecule has 1 aromatic carbocycles. The van der Waals surface area contributed by atoms with Crippen LogP contribution in [-0.2, 0) is 0 Å². The van der Waals surface area contributed by atoms with Crippen molar-refractivity contribution in [2.75, 3.05) is 18.8 Å². The minimum absolute atomic E-state index is 0.0849. The van der Waals surface area contributed by atoms with Gasteiger partial charge < -0.3 is 15.6 Å². The van der Waals surface area contributed by atoms with Crippen LogP contribution in [0.15, 0.2) is 48.8 Å². The number of aromatic nitrogens is 4. The van der Waals surface area contributed by atoms with Crippen molar-refractivity contribution in [2.45, 2.75) is 12.3 Å². The second-order valence-corrected chi connectivity index (χ2v) is 7.32. The number of pyridine rings is 1. The summed E-state index contributed by atoms with van der Waals surface area (Å²) in [4.78, 5) is 21.9.